The van der Waals surface area contributed by atoms with Gasteiger partial charge in [0.05, 0.1) is 12.3 Å². The number of rotatable bonds is 5. The number of carbonyl (C=O) groups is 2. The minimum atomic E-state index is -0.661. The van der Waals surface area contributed by atoms with Crippen molar-refractivity contribution in [1.29, 1.82) is 0 Å². The first kappa shape index (κ1) is 15.3. The molecule has 0 saturated heterocycles. The smallest absolute Gasteiger partial charge is 0.374 e. The molecule has 1 N–H and O–H groups in total. The van der Waals surface area contributed by atoms with Gasteiger partial charge in [0.2, 0.25) is 5.76 Å². The molecule has 2 aromatic rings. The Labute approximate surface area is 130 Å². The highest BCUT2D eigenvalue weighted by Crippen LogP contribution is 2.16. The summed E-state index contributed by atoms with van der Waals surface area (Å²) >= 11 is 3.35. The molecule has 0 saturated carbocycles. The lowest BCUT2D eigenvalue weighted by atomic mass is 10.1. The summed E-state index contributed by atoms with van der Waals surface area (Å²) in [7, 11) is 0. The molecule has 0 aliphatic heterocycles. The topological polar surface area (TPSA) is 68.5 Å². The predicted octanol–water partition coefficient (Wildman–Crippen LogP) is 3.08. The zero-order chi connectivity index (χ0) is 15.2. The van der Waals surface area contributed by atoms with Crippen LogP contribution in [0.3, 0.4) is 0 Å². The van der Waals surface area contributed by atoms with Crippen LogP contribution in [-0.2, 0) is 9.53 Å². The fraction of sp³-hybridized carbons (Fsp3) is 0.200. The van der Waals surface area contributed by atoms with Crippen molar-refractivity contribution in [3.63, 3.8) is 0 Å². The number of amides is 1. The second-order valence-electron chi connectivity index (χ2n) is 4.39. The van der Waals surface area contributed by atoms with Crippen molar-refractivity contribution < 1.29 is 18.7 Å². The average Bonchev–Trinajstić information content (AvgIpc) is 2.99. The van der Waals surface area contributed by atoms with E-state index in [-0.39, 0.29) is 24.3 Å². The van der Waals surface area contributed by atoms with Gasteiger partial charge in [-0.05, 0) is 36.8 Å². The molecule has 6 heteroatoms. The second-order valence-corrected chi connectivity index (χ2v) is 5.31. The number of carbonyl (C=O) groups excluding carboxylic acids is 2. The summed E-state index contributed by atoms with van der Waals surface area (Å²) in [6.07, 6.45) is 1.37. The van der Waals surface area contributed by atoms with E-state index in [0.717, 1.165) is 10.0 Å². The molecule has 1 heterocycles. The summed E-state index contributed by atoms with van der Waals surface area (Å²) in [5.74, 6) is -0.958. The Kier molecular flexibility index (Phi) is 5.16. The van der Waals surface area contributed by atoms with Crippen LogP contribution in [0.4, 0.5) is 0 Å². The van der Waals surface area contributed by atoms with Gasteiger partial charge in [-0.2, -0.15) is 0 Å². The van der Waals surface area contributed by atoms with Crippen molar-refractivity contribution in [2.75, 3.05) is 6.61 Å². The van der Waals surface area contributed by atoms with Crippen LogP contribution in [0, 0.1) is 0 Å². The number of ether oxygens (including phenoxy) is 1. The Hall–Kier alpha value is -2.08. The fourth-order valence-corrected chi connectivity index (χ4v) is 1.98. The maximum absolute atomic E-state index is 11.7. The van der Waals surface area contributed by atoms with Crippen LogP contribution in [0.15, 0.2) is 51.6 Å². The molecule has 0 fully saturated rings. The lowest BCUT2D eigenvalue weighted by Crippen LogP contribution is -2.31. The summed E-state index contributed by atoms with van der Waals surface area (Å²) in [6, 6.07) is 10.5. The maximum Gasteiger partial charge on any atom is 0.374 e. The van der Waals surface area contributed by atoms with Crippen molar-refractivity contribution in [1.82, 2.24) is 5.32 Å². The van der Waals surface area contributed by atoms with Gasteiger partial charge in [-0.3, -0.25) is 4.79 Å². The van der Waals surface area contributed by atoms with E-state index in [1.165, 1.54) is 12.3 Å². The molecule has 2 rings (SSSR count). The largest absolute Gasteiger partial charge is 0.457 e. The minimum Gasteiger partial charge on any atom is -0.457 e. The molecule has 1 amide bonds. The van der Waals surface area contributed by atoms with Crippen molar-refractivity contribution in [2.24, 2.45) is 0 Å². The number of nitrogens with one attached hydrogen (secondary N) is 1. The van der Waals surface area contributed by atoms with Crippen molar-refractivity contribution in [3.05, 3.63) is 58.5 Å². The Morgan fingerprint density at radius 1 is 1.29 bits per heavy atom. The number of halogens is 1. The first-order valence-corrected chi connectivity index (χ1v) is 7.11. The Morgan fingerprint density at radius 2 is 2.00 bits per heavy atom. The summed E-state index contributed by atoms with van der Waals surface area (Å²) < 4.78 is 10.7. The molecule has 0 radical (unpaired) electrons. The van der Waals surface area contributed by atoms with Gasteiger partial charge in [-0.1, -0.05) is 28.1 Å². The Balaban J connectivity index is 1.81. The predicted molar refractivity (Wildman–Crippen MR) is 79.7 cm³/mol. The van der Waals surface area contributed by atoms with E-state index in [1.54, 1.807) is 6.07 Å². The molecular weight excluding hydrogens is 338 g/mol. The SMILES string of the molecule is CC(NC(=O)COC(=O)c1ccco1)c1ccc(Br)cc1. The van der Waals surface area contributed by atoms with E-state index in [0.29, 0.717) is 0 Å². The molecule has 1 aromatic carbocycles. The average molecular weight is 352 g/mol. The van der Waals surface area contributed by atoms with E-state index >= 15 is 0 Å². The van der Waals surface area contributed by atoms with Gasteiger partial charge in [0.25, 0.3) is 5.91 Å². The third-order valence-corrected chi connectivity index (χ3v) is 3.33. The molecular formula is C15H14BrNO4. The zero-order valence-corrected chi connectivity index (χ0v) is 12.9. The van der Waals surface area contributed by atoms with Gasteiger partial charge >= 0.3 is 5.97 Å². The summed E-state index contributed by atoms with van der Waals surface area (Å²) in [5, 5.41) is 2.75. The maximum atomic E-state index is 11.7. The lowest BCUT2D eigenvalue weighted by Gasteiger charge is -2.14. The van der Waals surface area contributed by atoms with Crippen molar-refractivity contribution >= 4 is 27.8 Å². The van der Waals surface area contributed by atoms with Gasteiger partial charge in [0.1, 0.15) is 0 Å². The number of benzene rings is 1. The van der Waals surface area contributed by atoms with Crippen LogP contribution in [0.2, 0.25) is 0 Å². The van der Waals surface area contributed by atoms with Crippen LogP contribution in [-0.4, -0.2) is 18.5 Å². The molecule has 1 atom stereocenters. The first-order valence-electron chi connectivity index (χ1n) is 6.31. The highest BCUT2D eigenvalue weighted by Gasteiger charge is 2.14. The highest BCUT2D eigenvalue weighted by atomic mass is 79.9. The van der Waals surface area contributed by atoms with Gasteiger partial charge in [-0.15, -0.1) is 0 Å². The molecule has 5 nitrogen and oxygen atoms in total. The molecule has 1 unspecified atom stereocenters. The normalized spacial score (nSPS) is 11.7. The summed E-state index contributed by atoms with van der Waals surface area (Å²) in [5.41, 5.74) is 0.962. The van der Waals surface area contributed by atoms with Gasteiger partial charge in [-0.25, -0.2) is 4.79 Å². The van der Waals surface area contributed by atoms with Gasteiger partial charge < -0.3 is 14.5 Å². The fourth-order valence-electron chi connectivity index (χ4n) is 1.71. The molecule has 21 heavy (non-hydrogen) atoms. The highest BCUT2D eigenvalue weighted by molar-refractivity contribution is 9.10. The summed E-state index contributed by atoms with van der Waals surface area (Å²) in [4.78, 5) is 23.2. The van der Waals surface area contributed by atoms with Gasteiger partial charge in [0, 0.05) is 4.47 Å². The quantitative estimate of drug-likeness (QED) is 0.840. The lowest BCUT2D eigenvalue weighted by molar-refractivity contribution is -0.124. The summed E-state index contributed by atoms with van der Waals surface area (Å²) in [6.45, 7) is 1.51. The Bertz CT molecular complexity index is 607. The molecule has 0 aliphatic rings. The molecule has 0 spiro atoms. The van der Waals surface area contributed by atoms with E-state index in [1.807, 2.05) is 31.2 Å². The van der Waals surface area contributed by atoms with Crippen LogP contribution < -0.4 is 5.32 Å². The number of esters is 1. The van der Waals surface area contributed by atoms with Gasteiger partial charge in [0.15, 0.2) is 6.61 Å². The number of hydrogen-bond acceptors (Lipinski definition) is 4. The number of furan rings is 1. The molecule has 0 bridgehead atoms. The first-order chi connectivity index (χ1) is 10.1. The molecule has 110 valence electrons. The van der Waals surface area contributed by atoms with Crippen LogP contribution in [0.25, 0.3) is 0 Å². The van der Waals surface area contributed by atoms with E-state index in [2.05, 4.69) is 21.2 Å². The van der Waals surface area contributed by atoms with Crippen LogP contribution in [0.5, 0.6) is 0 Å². The molecule has 0 aliphatic carbocycles. The number of hydrogen-bond donors (Lipinski definition) is 1. The molecule has 1 aromatic heterocycles. The van der Waals surface area contributed by atoms with E-state index in [9.17, 15) is 9.59 Å². The van der Waals surface area contributed by atoms with E-state index < -0.39 is 5.97 Å². The standard InChI is InChI=1S/C15H14BrNO4/c1-10(11-4-6-12(16)7-5-11)17-14(18)9-21-15(19)13-3-2-8-20-13/h2-8,10H,9H2,1H3,(H,17,18). The third kappa shape index (κ3) is 4.46. The van der Waals surface area contributed by atoms with Crippen molar-refractivity contribution in [3.8, 4) is 0 Å². The van der Waals surface area contributed by atoms with Crippen molar-refractivity contribution in [2.45, 2.75) is 13.0 Å². The van der Waals surface area contributed by atoms with Crippen LogP contribution in [0.1, 0.15) is 29.1 Å². The monoisotopic (exact) mass is 351 g/mol. The zero-order valence-electron chi connectivity index (χ0n) is 11.3. The third-order valence-electron chi connectivity index (χ3n) is 2.80. The second kappa shape index (κ2) is 7.08. The van der Waals surface area contributed by atoms with E-state index in [4.69, 9.17) is 9.15 Å². The minimum absolute atomic E-state index is 0.0729. The Morgan fingerprint density at radius 3 is 2.62 bits per heavy atom. The van der Waals surface area contributed by atoms with Crippen LogP contribution >= 0.6 is 15.9 Å².